The minimum absolute atomic E-state index is 0.165. The molecule has 2 N–H and O–H groups in total. The molecule has 1 fully saturated rings. The molecule has 0 amide bonds. The van der Waals surface area contributed by atoms with Gasteiger partial charge in [-0.15, -0.1) is 0 Å². The summed E-state index contributed by atoms with van der Waals surface area (Å²) < 4.78 is 14.8. The van der Waals surface area contributed by atoms with Crippen LogP contribution < -0.4 is 0 Å². The van der Waals surface area contributed by atoms with Gasteiger partial charge in [-0.05, 0) is 45.3 Å². The maximum Gasteiger partial charge on any atom is 0.469 e. The average Bonchev–Trinajstić information content (AvgIpc) is 2.06. The number of nitrogens with zero attached hydrogens (tertiary/aromatic N) is 1. The predicted molar refractivity (Wildman–Crippen MR) is 52.8 cm³/mol. The summed E-state index contributed by atoms with van der Waals surface area (Å²) in [5.41, 5.74) is 0. The maximum atomic E-state index is 10.4. The second kappa shape index (κ2) is 5.24. The predicted octanol–water partition coefficient (Wildman–Crippen LogP) is 0.828. The highest BCUT2D eigenvalue weighted by atomic mass is 31.2. The van der Waals surface area contributed by atoms with Gasteiger partial charge >= 0.3 is 7.82 Å². The van der Waals surface area contributed by atoms with Gasteiger partial charge in [0.1, 0.15) is 0 Å². The third-order valence-electron chi connectivity index (χ3n) is 2.62. The molecule has 0 aromatic heterocycles. The monoisotopic (exact) mass is 223 g/mol. The Balaban J connectivity index is 2.11. The molecule has 6 heteroatoms. The summed E-state index contributed by atoms with van der Waals surface area (Å²) in [5.74, 6) is 0.553. The minimum Gasteiger partial charge on any atom is -0.306 e. The number of rotatable bonds is 4. The number of phosphoric acid groups is 1. The summed E-state index contributed by atoms with van der Waals surface area (Å²) in [7, 11) is -2.17. The van der Waals surface area contributed by atoms with E-state index in [4.69, 9.17) is 9.79 Å². The van der Waals surface area contributed by atoms with Crippen molar-refractivity contribution in [3.63, 3.8) is 0 Å². The van der Waals surface area contributed by atoms with Crippen molar-refractivity contribution < 1.29 is 18.9 Å². The fraction of sp³-hybridized carbons (Fsp3) is 1.00. The van der Waals surface area contributed by atoms with E-state index in [1.807, 2.05) is 0 Å². The molecule has 84 valence electrons. The molecule has 0 aliphatic carbocycles. The van der Waals surface area contributed by atoms with Crippen LogP contribution in [0.2, 0.25) is 0 Å². The van der Waals surface area contributed by atoms with E-state index in [0.717, 1.165) is 32.4 Å². The van der Waals surface area contributed by atoms with E-state index in [-0.39, 0.29) is 6.61 Å². The third kappa shape index (κ3) is 5.08. The summed E-state index contributed by atoms with van der Waals surface area (Å²) in [6.07, 6.45) is 2.95. The van der Waals surface area contributed by atoms with Crippen molar-refractivity contribution in [2.75, 3.05) is 26.7 Å². The summed E-state index contributed by atoms with van der Waals surface area (Å²) in [4.78, 5) is 19.2. The standard InChI is InChI=1S/C8H18NO4P/c1-9-5-2-8(3-6-9)4-7-13-14(10,11)12/h8H,2-7H2,1H3,(H2,10,11,12). The highest BCUT2D eigenvalue weighted by molar-refractivity contribution is 7.46. The molecule has 0 spiro atoms. The minimum atomic E-state index is -4.26. The largest absolute Gasteiger partial charge is 0.469 e. The van der Waals surface area contributed by atoms with E-state index < -0.39 is 7.82 Å². The molecule has 0 unspecified atom stereocenters. The molecule has 1 aliphatic rings. The van der Waals surface area contributed by atoms with E-state index in [1.165, 1.54) is 0 Å². The number of hydrogen-bond donors (Lipinski definition) is 2. The molecule has 0 aromatic carbocycles. The van der Waals surface area contributed by atoms with Gasteiger partial charge in [-0.25, -0.2) is 4.57 Å². The fourth-order valence-electron chi connectivity index (χ4n) is 1.69. The molecule has 0 aromatic rings. The number of likely N-dealkylation sites (tertiary alicyclic amines) is 1. The SMILES string of the molecule is CN1CCC(CCOP(=O)(O)O)CC1. The van der Waals surface area contributed by atoms with Crippen LogP contribution in [-0.4, -0.2) is 41.4 Å². The summed E-state index contributed by atoms with van der Waals surface area (Å²) in [6, 6.07) is 0. The molecule has 1 heterocycles. The zero-order chi connectivity index (χ0) is 10.6. The van der Waals surface area contributed by atoms with Gasteiger partial charge in [0.25, 0.3) is 0 Å². The van der Waals surface area contributed by atoms with E-state index >= 15 is 0 Å². The topological polar surface area (TPSA) is 70.0 Å². The molecular formula is C8H18NO4P. The van der Waals surface area contributed by atoms with Gasteiger partial charge in [-0.3, -0.25) is 4.52 Å². The summed E-state index contributed by atoms with van der Waals surface area (Å²) in [6.45, 7) is 2.31. The Morgan fingerprint density at radius 2 is 2.00 bits per heavy atom. The highest BCUT2D eigenvalue weighted by Gasteiger charge is 2.19. The highest BCUT2D eigenvalue weighted by Crippen LogP contribution is 2.36. The van der Waals surface area contributed by atoms with E-state index in [1.54, 1.807) is 0 Å². The van der Waals surface area contributed by atoms with Gasteiger partial charge < -0.3 is 14.7 Å². The van der Waals surface area contributed by atoms with Gasteiger partial charge in [0.05, 0.1) is 6.61 Å². The normalized spacial score (nSPS) is 21.4. The lowest BCUT2D eigenvalue weighted by Gasteiger charge is -2.28. The summed E-state index contributed by atoms with van der Waals surface area (Å²) >= 11 is 0. The zero-order valence-corrected chi connectivity index (χ0v) is 9.32. The van der Waals surface area contributed by atoms with Crippen molar-refractivity contribution in [2.24, 2.45) is 5.92 Å². The molecule has 1 aliphatic heterocycles. The smallest absolute Gasteiger partial charge is 0.306 e. The number of phosphoric ester groups is 1. The molecule has 5 nitrogen and oxygen atoms in total. The Morgan fingerprint density at radius 3 is 2.50 bits per heavy atom. The third-order valence-corrected chi connectivity index (χ3v) is 3.14. The van der Waals surface area contributed by atoms with E-state index in [2.05, 4.69) is 16.5 Å². The van der Waals surface area contributed by atoms with Crippen LogP contribution in [-0.2, 0) is 9.09 Å². The molecule has 14 heavy (non-hydrogen) atoms. The first kappa shape index (κ1) is 12.1. The van der Waals surface area contributed by atoms with E-state index in [0.29, 0.717) is 5.92 Å². The molecule has 0 saturated carbocycles. The van der Waals surface area contributed by atoms with Crippen LogP contribution in [0.5, 0.6) is 0 Å². The Labute approximate surface area is 84.3 Å². The first-order valence-electron chi connectivity index (χ1n) is 4.86. The van der Waals surface area contributed by atoms with Crippen LogP contribution in [0.25, 0.3) is 0 Å². The maximum absolute atomic E-state index is 10.4. The lowest BCUT2D eigenvalue weighted by Crippen LogP contribution is -2.30. The second-order valence-corrected chi connectivity index (χ2v) is 5.10. The first-order valence-corrected chi connectivity index (χ1v) is 6.39. The van der Waals surface area contributed by atoms with Gasteiger partial charge in [0.15, 0.2) is 0 Å². The van der Waals surface area contributed by atoms with Crippen molar-refractivity contribution in [1.82, 2.24) is 4.90 Å². The number of piperidine rings is 1. The van der Waals surface area contributed by atoms with Crippen LogP contribution in [0.3, 0.4) is 0 Å². The van der Waals surface area contributed by atoms with Gasteiger partial charge in [0, 0.05) is 0 Å². The molecule has 1 rings (SSSR count). The van der Waals surface area contributed by atoms with Crippen molar-refractivity contribution >= 4 is 7.82 Å². The van der Waals surface area contributed by atoms with Gasteiger partial charge in [-0.2, -0.15) is 0 Å². The van der Waals surface area contributed by atoms with Crippen molar-refractivity contribution in [3.05, 3.63) is 0 Å². The van der Waals surface area contributed by atoms with Crippen LogP contribution in [0.1, 0.15) is 19.3 Å². The van der Waals surface area contributed by atoms with Crippen LogP contribution >= 0.6 is 7.82 Å². The molecule has 0 radical (unpaired) electrons. The Bertz CT molecular complexity index is 209. The molecule has 1 saturated heterocycles. The molecule has 0 atom stereocenters. The Kier molecular flexibility index (Phi) is 4.54. The van der Waals surface area contributed by atoms with E-state index in [9.17, 15) is 4.57 Å². The Morgan fingerprint density at radius 1 is 1.43 bits per heavy atom. The second-order valence-electron chi connectivity index (χ2n) is 3.86. The van der Waals surface area contributed by atoms with Gasteiger partial charge in [-0.1, -0.05) is 0 Å². The van der Waals surface area contributed by atoms with Crippen LogP contribution in [0, 0.1) is 5.92 Å². The number of hydrogen-bond acceptors (Lipinski definition) is 3. The fourth-order valence-corrected chi connectivity index (χ4v) is 2.03. The lowest BCUT2D eigenvalue weighted by atomic mass is 9.94. The van der Waals surface area contributed by atoms with Crippen molar-refractivity contribution in [1.29, 1.82) is 0 Å². The van der Waals surface area contributed by atoms with Crippen molar-refractivity contribution in [2.45, 2.75) is 19.3 Å². The lowest BCUT2D eigenvalue weighted by molar-refractivity contribution is 0.158. The zero-order valence-electron chi connectivity index (χ0n) is 8.43. The van der Waals surface area contributed by atoms with Crippen LogP contribution in [0.15, 0.2) is 0 Å². The molecule has 0 bridgehead atoms. The molecular weight excluding hydrogens is 205 g/mol. The van der Waals surface area contributed by atoms with Gasteiger partial charge in [0.2, 0.25) is 0 Å². The Hall–Kier alpha value is 0.0700. The quantitative estimate of drug-likeness (QED) is 0.691. The summed E-state index contributed by atoms with van der Waals surface area (Å²) in [5, 5.41) is 0. The first-order chi connectivity index (χ1) is 6.47. The van der Waals surface area contributed by atoms with Crippen LogP contribution in [0.4, 0.5) is 0 Å². The van der Waals surface area contributed by atoms with Crippen molar-refractivity contribution in [3.8, 4) is 0 Å². The average molecular weight is 223 g/mol.